The van der Waals surface area contributed by atoms with Crippen LogP contribution in [0.4, 0.5) is 23.7 Å². The van der Waals surface area contributed by atoms with E-state index in [2.05, 4.69) is 5.32 Å². The molecule has 116 valence electrons. The third kappa shape index (κ3) is 3.87. The number of hydrogen-bond donors (Lipinski definition) is 1. The molecular weight excluding hydrogens is 285 g/mol. The highest BCUT2D eigenvalue weighted by Crippen LogP contribution is 2.34. The second-order valence-electron chi connectivity index (χ2n) is 5.14. The minimum absolute atomic E-state index is 0.141. The zero-order chi connectivity index (χ0) is 15.6. The number of para-hydroxylation sites is 1. The lowest BCUT2D eigenvalue weighted by Crippen LogP contribution is -2.49. The van der Waals surface area contributed by atoms with E-state index in [0.29, 0.717) is 13.1 Å². The van der Waals surface area contributed by atoms with Gasteiger partial charge in [-0.15, -0.1) is 0 Å². The topological polar surface area (TPSA) is 41.6 Å². The Bertz CT molecular complexity index is 509. The molecule has 1 aliphatic heterocycles. The molecule has 21 heavy (non-hydrogen) atoms. The minimum Gasteiger partial charge on any atom is -0.372 e. The predicted octanol–water partition coefficient (Wildman–Crippen LogP) is 3.35. The Morgan fingerprint density at radius 2 is 1.81 bits per heavy atom. The van der Waals surface area contributed by atoms with Crippen LogP contribution in [0.5, 0.6) is 0 Å². The fourth-order valence-electron chi connectivity index (χ4n) is 2.38. The molecule has 1 N–H and O–H groups in total. The number of halogens is 3. The number of morpholine rings is 1. The number of ether oxygens (including phenoxy) is 1. The average Bonchev–Trinajstić information content (AvgIpc) is 2.37. The molecule has 0 bridgehead atoms. The quantitative estimate of drug-likeness (QED) is 0.864. The predicted molar refractivity (Wildman–Crippen MR) is 72.0 cm³/mol. The highest BCUT2D eigenvalue weighted by atomic mass is 19.4. The molecule has 0 aromatic heterocycles. The summed E-state index contributed by atoms with van der Waals surface area (Å²) in [5.41, 5.74) is -1.09. The number of anilines is 1. The Kier molecular flexibility index (Phi) is 4.41. The molecule has 1 heterocycles. The SMILES string of the molecule is CC1CN(C(=O)Nc2ccccc2C(F)(F)F)CC(C)O1. The lowest BCUT2D eigenvalue weighted by atomic mass is 10.1. The third-order valence-corrected chi connectivity index (χ3v) is 3.18. The van der Waals surface area contributed by atoms with Crippen LogP contribution in [0, 0.1) is 0 Å². The number of carbonyl (C=O) groups excluding carboxylic acids is 1. The van der Waals surface area contributed by atoms with E-state index in [-0.39, 0.29) is 17.9 Å². The van der Waals surface area contributed by atoms with E-state index >= 15 is 0 Å². The summed E-state index contributed by atoms with van der Waals surface area (Å²) in [7, 11) is 0. The second-order valence-corrected chi connectivity index (χ2v) is 5.14. The maximum atomic E-state index is 12.9. The molecule has 2 rings (SSSR count). The Balaban J connectivity index is 2.13. The molecule has 1 fully saturated rings. The standard InChI is InChI=1S/C14H17F3N2O2/c1-9-7-19(8-10(2)21-9)13(20)18-12-6-4-3-5-11(12)14(15,16)17/h3-6,9-10H,7-8H2,1-2H3,(H,18,20). The van der Waals surface area contributed by atoms with Crippen LogP contribution in [0.2, 0.25) is 0 Å². The molecule has 0 radical (unpaired) electrons. The summed E-state index contributed by atoms with van der Waals surface area (Å²) in [4.78, 5) is 13.6. The number of alkyl halides is 3. The maximum absolute atomic E-state index is 12.9. The molecule has 4 nitrogen and oxygen atoms in total. The summed E-state index contributed by atoms with van der Waals surface area (Å²) in [5, 5.41) is 2.34. The van der Waals surface area contributed by atoms with Crippen LogP contribution in [0.1, 0.15) is 19.4 Å². The Labute approximate surface area is 120 Å². The molecule has 2 amide bonds. The van der Waals surface area contributed by atoms with Crippen molar-refractivity contribution in [1.29, 1.82) is 0 Å². The Morgan fingerprint density at radius 3 is 2.38 bits per heavy atom. The van der Waals surface area contributed by atoms with Gasteiger partial charge >= 0.3 is 12.2 Å². The van der Waals surface area contributed by atoms with Gasteiger partial charge in [-0.2, -0.15) is 13.2 Å². The molecule has 1 aromatic rings. The van der Waals surface area contributed by atoms with Crippen molar-refractivity contribution in [2.75, 3.05) is 18.4 Å². The lowest BCUT2D eigenvalue weighted by molar-refractivity contribution is -0.136. The number of nitrogens with zero attached hydrogens (tertiary/aromatic N) is 1. The first-order valence-electron chi connectivity index (χ1n) is 6.65. The third-order valence-electron chi connectivity index (χ3n) is 3.18. The van der Waals surface area contributed by atoms with Crippen molar-refractivity contribution in [3.05, 3.63) is 29.8 Å². The van der Waals surface area contributed by atoms with Gasteiger partial charge in [0.25, 0.3) is 0 Å². The van der Waals surface area contributed by atoms with Gasteiger partial charge in [-0.3, -0.25) is 0 Å². The van der Waals surface area contributed by atoms with Crippen LogP contribution in [-0.4, -0.2) is 36.2 Å². The zero-order valence-electron chi connectivity index (χ0n) is 11.8. The van der Waals surface area contributed by atoms with Crippen molar-refractivity contribution in [2.24, 2.45) is 0 Å². The average molecular weight is 302 g/mol. The van der Waals surface area contributed by atoms with Gasteiger partial charge in [-0.25, -0.2) is 4.79 Å². The molecular formula is C14H17F3N2O2. The Morgan fingerprint density at radius 1 is 1.24 bits per heavy atom. The summed E-state index contributed by atoms with van der Waals surface area (Å²) in [5.74, 6) is 0. The molecule has 1 aliphatic rings. The summed E-state index contributed by atoms with van der Waals surface area (Å²) >= 11 is 0. The van der Waals surface area contributed by atoms with Gasteiger partial charge in [0.2, 0.25) is 0 Å². The first kappa shape index (κ1) is 15.6. The van der Waals surface area contributed by atoms with Crippen LogP contribution in [-0.2, 0) is 10.9 Å². The fourth-order valence-corrected chi connectivity index (χ4v) is 2.38. The van der Waals surface area contributed by atoms with Crippen molar-refractivity contribution >= 4 is 11.7 Å². The molecule has 0 aliphatic carbocycles. The first-order valence-corrected chi connectivity index (χ1v) is 6.65. The van der Waals surface area contributed by atoms with Gasteiger partial charge in [0.05, 0.1) is 23.5 Å². The monoisotopic (exact) mass is 302 g/mol. The molecule has 0 spiro atoms. The van der Waals surface area contributed by atoms with Crippen LogP contribution in [0.3, 0.4) is 0 Å². The maximum Gasteiger partial charge on any atom is 0.418 e. The number of urea groups is 1. The fraction of sp³-hybridized carbons (Fsp3) is 0.500. The van der Waals surface area contributed by atoms with E-state index in [9.17, 15) is 18.0 Å². The summed E-state index contributed by atoms with van der Waals surface area (Å²) in [6.45, 7) is 4.34. The van der Waals surface area contributed by atoms with Crippen molar-refractivity contribution < 1.29 is 22.7 Å². The van der Waals surface area contributed by atoms with Crippen molar-refractivity contribution in [2.45, 2.75) is 32.2 Å². The molecule has 1 aromatic carbocycles. The minimum atomic E-state index is -4.50. The molecule has 1 saturated heterocycles. The van der Waals surface area contributed by atoms with Crippen LogP contribution in [0.15, 0.2) is 24.3 Å². The van der Waals surface area contributed by atoms with Gasteiger partial charge in [0.15, 0.2) is 0 Å². The normalized spacial score (nSPS) is 23.0. The highest BCUT2D eigenvalue weighted by Gasteiger charge is 2.34. The number of carbonyl (C=O) groups is 1. The van der Waals surface area contributed by atoms with Gasteiger partial charge in [0.1, 0.15) is 0 Å². The number of hydrogen-bond acceptors (Lipinski definition) is 2. The van der Waals surface area contributed by atoms with E-state index < -0.39 is 17.8 Å². The Hall–Kier alpha value is -1.76. The summed E-state index contributed by atoms with van der Waals surface area (Å²) < 4.78 is 44.1. The zero-order valence-corrected chi connectivity index (χ0v) is 11.8. The summed E-state index contributed by atoms with van der Waals surface area (Å²) in [6, 6.07) is 4.38. The van der Waals surface area contributed by atoms with Gasteiger partial charge in [0, 0.05) is 13.1 Å². The molecule has 2 unspecified atom stereocenters. The van der Waals surface area contributed by atoms with Gasteiger partial charge in [-0.05, 0) is 26.0 Å². The van der Waals surface area contributed by atoms with E-state index in [1.165, 1.54) is 23.1 Å². The van der Waals surface area contributed by atoms with E-state index in [1.54, 1.807) is 0 Å². The summed E-state index contributed by atoms with van der Waals surface area (Å²) in [6.07, 6.45) is -4.79. The van der Waals surface area contributed by atoms with Crippen molar-refractivity contribution in [3.63, 3.8) is 0 Å². The van der Waals surface area contributed by atoms with E-state index in [1.807, 2.05) is 13.8 Å². The van der Waals surface area contributed by atoms with Crippen molar-refractivity contribution in [1.82, 2.24) is 4.90 Å². The van der Waals surface area contributed by atoms with Crippen LogP contribution in [0.25, 0.3) is 0 Å². The first-order chi connectivity index (χ1) is 9.77. The lowest BCUT2D eigenvalue weighted by Gasteiger charge is -2.35. The largest absolute Gasteiger partial charge is 0.418 e. The number of amides is 2. The number of benzene rings is 1. The van der Waals surface area contributed by atoms with Crippen LogP contribution >= 0.6 is 0 Å². The van der Waals surface area contributed by atoms with E-state index in [4.69, 9.17) is 4.74 Å². The van der Waals surface area contributed by atoms with Crippen LogP contribution < -0.4 is 5.32 Å². The number of rotatable bonds is 1. The second kappa shape index (κ2) is 5.93. The molecule has 2 atom stereocenters. The molecule has 7 heteroatoms. The number of nitrogens with one attached hydrogen (secondary N) is 1. The smallest absolute Gasteiger partial charge is 0.372 e. The van der Waals surface area contributed by atoms with E-state index in [0.717, 1.165) is 6.07 Å². The van der Waals surface area contributed by atoms with Crippen molar-refractivity contribution in [3.8, 4) is 0 Å². The highest BCUT2D eigenvalue weighted by molar-refractivity contribution is 5.90. The van der Waals surface area contributed by atoms with Gasteiger partial charge in [-0.1, -0.05) is 12.1 Å². The van der Waals surface area contributed by atoms with Gasteiger partial charge < -0.3 is 15.0 Å². The molecule has 0 saturated carbocycles.